The van der Waals surface area contributed by atoms with Gasteiger partial charge in [0.1, 0.15) is 0 Å². The molecule has 1 saturated heterocycles. The van der Waals surface area contributed by atoms with Crippen LogP contribution in [0.4, 0.5) is 5.69 Å². The molecule has 1 atom stereocenters. The molecule has 2 aliphatic rings. The average Bonchev–Trinajstić information content (AvgIpc) is 3.30. The van der Waals surface area contributed by atoms with Crippen LogP contribution in [0.25, 0.3) is 0 Å². The minimum Gasteiger partial charge on any atom is -0.375 e. The summed E-state index contributed by atoms with van der Waals surface area (Å²) in [7, 11) is 4.13. The number of hydrogen-bond acceptors (Lipinski definition) is 4. The van der Waals surface area contributed by atoms with Crippen molar-refractivity contribution >= 4 is 5.69 Å². The fourth-order valence-corrected chi connectivity index (χ4v) is 4.91. The molecule has 2 fully saturated rings. The molecule has 26 heavy (non-hydrogen) atoms. The molecule has 1 spiro atoms. The van der Waals surface area contributed by atoms with Crippen molar-refractivity contribution in [1.29, 1.82) is 0 Å². The Morgan fingerprint density at radius 1 is 1.23 bits per heavy atom. The second kappa shape index (κ2) is 7.03. The minimum atomic E-state index is 0.0860. The molecular weight excluding hydrogens is 324 g/mol. The summed E-state index contributed by atoms with van der Waals surface area (Å²) in [6.07, 6.45) is 14.2. The van der Waals surface area contributed by atoms with Crippen LogP contribution >= 0.6 is 0 Å². The third kappa shape index (κ3) is 3.37. The van der Waals surface area contributed by atoms with Gasteiger partial charge in [-0.15, -0.1) is 0 Å². The first-order chi connectivity index (χ1) is 12.6. The Morgan fingerprint density at radius 3 is 2.77 bits per heavy atom. The highest BCUT2D eigenvalue weighted by Crippen LogP contribution is 2.49. The average molecular weight is 354 g/mol. The molecule has 0 N–H and O–H groups in total. The molecular formula is C21H30N4O. The predicted octanol–water partition coefficient (Wildman–Crippen LogP) is 3.70. The summed E-state index contributed by atoms with van der Waals surface area (Å²) >= 11 is 0. The Bertz CT molecular complexity index is 723. The lowest BCUT2D eigenvalue weighted by atomic mass is 9.68. The minimum absolute atomic E-state index is 0.0860. The fraction of sp³-hybridized carbons (Fsp3) is 0.619. The largest absolute Gasteiger partial charge is 0.375 e. The van der Waals surface area contributed by atoms with Gasteiger partial charge in [0.2, 0.25) is 0 Å². The standard InChI is InChI=1S/C21H30N4O/c1-24(18-15-23-25(2)16-18)13-10-20(19-7-3-6-12-22-19)11-14-26-21(17-20)8-4-5-9-21/h3,6-7,12,15-16H,4-5,8-11,13-14,17H2,1-2H3/t20-/m1/s1. The highest BCUT2D eigenvalue weighted by Gasteiger charge is 2.48. The van der Waals surface area contributed by atoms with E-state index in [-0.39, 0.29) is 11.0 Å². The summed E-state index contributed by atoms with van der Waals surface area (Å²) in [6, 6.07) is 6.37. The summed E-state index contributed by atoms with van der Waals surface area (Å²) in [5, 5.41) is 4.31. The zero-order valence-corrected chi connectivity index (χ0v) is 16.0. The van der Waals surface area contributed by atoms with Gasteiger partial charge in [0.15, 0.2) is 0 Å². The van der Waals surface area contributed by atoms with Crippen LogP contribution in [-0.2, 0) is 17.2 Å². The van der Waals surface area contributed by atoms with E-state index in [4.69, 9.17) is 9.72 Å². The lowest BCUT2D eigenvalue weighted by Gasteiger charge is -2.47. The van der Waals surface area contributed by atoms with Gasteiger partial charge in [0.05, 0.1) is 17.5 Å². The molecule has 1 saturated carbocycles. The van der Waals surface area contributed by atoms with Gasteiger partial charge in [-0.3, -0.25) is 9.67 Å². The number of hydrogen-bond donors (Lipinski definition) is 0. The van der Waals surface area contributed by atoms with Crippen molar-refractivity contribution in [3.63, 3.8) is 0 Å². The number of rotatable bonds is 5. The van der Waals surface area contributed by atoms with Crippen molar-refractivity contribution in [2.45, 2.75) is 56.0 Å². The van der Waals surface area contributed by atoms with Gasteiger partial charge in [-0.2, -0.15) is 5.10 Å². The molecule has 0 aromatic carbocycles. The van der Waals surface area contributed by atoms with Crippen LogP contribution in [0.1, 0.15) is 50.6 Å². The van der Waals surface area contributed by atoms with Crippen molar-refractivity contribution < 1.29 is 4.74 Å². The van der Waals surface area contributed by atoms with Gasteiger partial charge in [0, 0.05) is 50.7 Å². The summed E-state index contributed by atoms with van der Waals surface area (Å²) in [6.45, 7) is 1.85. The Labute approximate surface area is 156 Å². The zero-order chi connectivity index (χ0) is 18.0. The number of aryl methyl sites for hydroxylation is 1. The Morgan fingerprint density at radius 2 is 2.08 bits per heavy atom. The maximum absolute atomic E-state index is 6.34. The maximum atomic E-state index is 6.34. The maximum Gasteiger partial charge on any atom is 0.0749 e. The van der Waals surface area contributed by atoms with Crippen LogP contribution in [0.2, 0.25) is 0 Å². The third-order valence-electron chi connectivity index (χ3n) is 6.43. The van der Waals surface area contributed by atoms with E-state index in [0.29, 0.717) is 0 Å². The molecule has 0 amide bonds. The molecule has 2 aromatic heterocycles. The number of anilines is 1. The highest BCUT2D eigenvalue weighted by atomic mass is 16.5. The lowest BCUT2D eigenvalue weighted by molar-refractivity contribution is -0.104. The molecule has 5 heteroatoms. The summed E-state index contributed by atoms with van der Waals surface area (Å²) in [4.78, 5) is 7.11. The molecule has 3 heterocycles. The van der Waals surface area contributed by atoms with Gasteiger partial charge < -0.3 is 9.64 Å². The van der Waals surface area contributed by atoms with E-state index in [0.717, 1.165) is 32.4 Å². The first-order valence-corrected chi connectivity index (χ1v) is 9.86. The zero-order valence-electron chi connectivity index (χ0n) is 16.0. The summed E-state index contributed by atoms with van der Waals surface area (Å²) in [5.41, 5.74) is 2.61. The molecule has 0 radical (unpaired) electrons. The van der Waals surface area contributed by atoms with Crippen molar-refractivity contribution in [2.75, 3.05) is 25.1 Å². The normalized spacial score (nSPS) is 24.8. The van der Waals surface area contributed by atoms with Crippen LogP contribution in [0.5, 0.6) is 0 Å². The summed E-state index contributed by atoms with van der Waals surface area (Å²) < 4.78 is 8.21. The molecule has 5 nitrogen and oxygen atoms in total. The monoisotopic (exact) mass is 354 g/mol. The molecule has 0 bridgehead atoms. The SMILES string of the molecule is CN(CC[C@@]1(c2ccccn2)CCOC2(CCCC2)C1)c1cnn(C)c1. The molecule has 2 aromatic rings. The Balaban J connectivity index is 1.57. The van der Waals surface area contributed by atoms with Gasteiger partial charge in [0.25, 0.3) is 0 Å². The molecule has 140 valence electrons. The van der Waals surface area contributed by atoms with Crippen LogP contribution in [-0.4, -0.2) is 40.6 Å². The number of nitrogens with zero attached hydrogens (tertiary/aromatic N) is 4. The van der Waals surface area contributed by atoms with E-state index in [2.05, 4.69) is 35.4 Å². The van der Waals surface area contributed by atoms with Crippen LogP contribution in [0.3, 0.4) is 0 Å². The first kappa shape index (κ1) is 17.5. The van der Waals surface area contributed by atoms with Gasteiger partial charge >= 0.3 is 0 Å². The van der Waals surface area contributed by atoms with Crippen LogP contribution < -0.4 is 4.90 Å². The number of aromatic nitrogens is 3. The van der Waals surface area contributed by atoms with Gasteiger partial charge in [-0.1, -0.05) is 18.9 Å². The second-order valence-electron chi connectivity index (χ2n) is 8.20. The Hall–Kier alpha value is -1.88. The molecule has 0 unspecified atom stereocenters. The van der Waals surface area contributed by atoms with E-state index in [1.807, 2.05) is 30.2 Å². The van der Waals surface area contributed by atoms with Crippen LogP contribution in [0, 0.1) is 0 Å². The van der Waals surface area contributed by atoms with E-state index < -0.39 is 0 Å². The topological polar surface area (TPSA) is 43.2 Å². The number of ether oxygens (including phenoxy) is 1. The number of pyridine rings is 1. The van der Waals surface area contributed by atoms with Gasteiger partial charge in [-0.25, -0.2) is 0 Å². The van der Waals surface area contributed by atoms with E-state index in [1.165, 1.54) is 37.1 Å². The molecule has 1 aliphatic carbocycles. The fourth-order valence-electron chi connectivity index (χ4n) is 4.91. The predicted molar refractivity (Wildman–Crippen MR) is 103 cm³/mol. The van der Waals surface area contributed by atoms with E-state index in [9.17, 15) is 0 Å². The second-order valence-corrected chi connectivity index (χ2v) is 8.20. The van der Waals surface area contributed by atoms with Crippen molar-refractivity contribution in [3.05, 3.63) is 42.5 Å². The lowest BCUT2D eigenvalue weighted by Crippen LogP contribution is -2.47. The smallest absolute Gasteiger partial charge is 0.0749 e. The highest BCUT2D eigenvalue weighted by molar-refractivity contribution is 5.41. The quantitative estimate of drug-likeness (QED) is 0.821. The van der Waals surface area contributed by atoms with Crippen LogP contribution in [0.15, 0.2) is 36.8 Å². The van der Waals surface area contributed by atoms with Crippen molar-refractivity contribution in [2.24, 2.45) is 7.05 Å². The third-order valence-corrected chi connectivity index (χ3v) is 6.43. The van der Waals surface area contributed by atoms with E-state index >= 15 is 0 Å². The van der Waals surface area contributed by atoms with Gasteiger partial charge in [-0.05, 0) is 44.2 Å². The van der Waals surface area contributed by atoms with E-state index in [1.54, 1.807) is 0 Å². The molecule has 1 aliphatic heterocycles. The first-order valence-electron chi connectivity index (χ1n) is 9.86. The summed E-state index contributed by atoms with van der Waals surface area (Å²) in [5.74, 6) is 0. The Kier molecular flexibility index (Phi) is 4.74. The molecule has 4 rings (SSSR count). The van der Waals surface area contributed by atoms with Crippen molar-refractivity contribution in [1.82, 2.24) is 14.8 Å². The van der Waals surface area contributed by atoms with Crippen molar-refractivity contribution in [3.8, 4) is 0 Å².